The first-order valence-electron chi connectivity index (χ1n) is 20.4. The van der Waals surface area contributed by atoms with Crippen LogP contribution in [0.3, 0.4) is 0 Å². The Morgan fingerprint density at radius 2 is 1.74 bits per heavy atom. The molecule has 0 bridgehead atoms. The van der Waals surface area contributed by atoms with Gasteiger partial charge in [-0.3, -0.25) is 38.4 Å². The molecule has 22 nitrogen and oxygen atoms in total. The van der Waals surface area contributed by atoms with Crippen LogP contribution in [0, 0.1) is 5.92 Å². The van der Waals surface area contributed by atoms with Crippen molar-refractivity contribution in [1.29, 1.82) is 0 Å². The van der Waals surface area contributed by atoms with Crippen LogP contribution in [0.15, 0.2) is 41.2 Å². The highest BCUT2D eigenvalue weighted by Crippen LogP contribution is 2.42. The Balaban J connectivity index is 1.03. The standard InChI is InChI=1S/C43H46N6O16/c1-21-11-38(54)48(40(21)55)10-8-36(52)44-9-7-37(53)46-30-12-24(5-6-33(30)65-43(58)64-23(3)59-4)18-61-42(57)45-16-26-25-13-34-35(63-20-62-34)14-29(25)47-39-27(26)17-49-31(39)15-32(51)28(41(49)56)19-60-22(2)50/h5-6,12-15,21,23,43,51,58H,7-11,16-20H2,1-4H3,(H,44,52)(H,45,57)(H,46,53). The number of aromatic nitrogens is 2. The molecule has 7 rings (SSSR count). The number of aliphatic hydroxyl groups is 1. The maximum absolute atomic E-state index is 13.5. The zero-order valence-electron chi connectivity index (χ0n) is 35.7. The summed E-state index contributed by atoms with van der Waals surface area (Å²) in [5.41, 5.74) is 2.04. The number of hydrogen-bond acceptors (Lipinski definition) is 17. The van der Waals surface area contributed by atoms with E-state index in [9.17, 15) is 43.8 Å². The Kier molecular flexibility index (Phi) is 13.8. The number of imide groups is 1. The van der Waals surface area contributed by atoms with Gasteiger partial charge >= 0.3 is 18.5 Å². The maximum Gasteiger partial charge on any atom is 0.407 e. The zero-order valence-corrected chi connectivity index (χ0v) is 35.7. The van der Waals surface area contributed by atoms with E-state index in [-0.39, 0.29) is 93.4 Å². The maximum atomic E-state index is 13.5. The Morgan fingerprint density at radius 3 is 2.46 bits per heavy atom. The van der Waals surface area contributed by atoms with Gasteiger partial charge in [-0.15, -0.1) is 0 Å². The van der Waals surface area contributed by atoms with Gasteiger partial charge in [0.1, 0.15) is 24.7 Å². The number of methoxy groups -OCH3 is 1. The van der Waals surface area contributed by atoms with E-state index in [1.165, 1.54) is 49.8 Å². The molecule has 65 heavy (non-hydrogen) atoms. The summed E-state index contributed by atoms with van der Waals surface area (Å²) in [6.07, 6.45) is -1.92. The number of fused-ring (bicyclic) bond motifs is 5. The van der Waals surface area contributed by atoms with Crippen molar-refractivity contribution in [2.75, 3.05) is 32.3 Å². The van der Waals surface area contributed by atoms with Gasteiger partial charge in [-0.2, -0.15) is 0 Å². The van der Waals surface area contributed by atoms with Crippen LogP contribution in [0.1, 0.15) is 62.3 Å². The minimum atomic E-state index is -1.81. The van der Waals surface area contributed by atoms with Gasteiger partial charge < -0.3 is 59.2 Å². The number of nitrogens with one attached hydrogen (secondary N) is 3. The fraction of sp³-hybridized carbons (Fsp3) is 0.395. The van der Waals surface area contributed by atoms with Crippen LogP contribution in [0.5, 0.6) is 23.0 Å². The number of benzene rings is 2. The third-order valence-corrected chi connectivity index (χ3v) is 10.7. The number of amides is 5. The van der Waals surface area contributed by atoms with Gasteiger partial charge in [0.15, 0.2) is 17.8 Å². The number of hydrogen-bond donors (Lipinski definition) is 5. The van der Waals surface area contributed by atoms with Crippen molar-refractivity contribution < 1.29 is 72.1 Å². The number of likely N-dealkylation sites (tertiary alicyclic amines) is 1. The predicted molar refractivity (Wildman–Crippen MR) is 223 cm³/mol. The molecular weight excluding hydrogens is 856 g/mol. The highest BCUT2D eigenvalue weighted by atomic mass is 16.8. The second-order valence-corrected chi connectivity index (χ2v) is 15.2. The molecule has 1 fully saturated rings. The molecule has 1 saturated heterocycles. The molecule has 5 amide bonds. The van der Waals surface area contributed by atoms with Gasteiger partial charge in [0.2, 0.25) is 30.4 Å². The Labute approximate surface area is 369 Å². The minimum absolute atomic E-state index is 0.00513. The molecule has 2 aromatic heterocycles. The van der Waals surface area contributed by atoms with Crippen molar-refractivity contribution in [3.05, 3.63) is 69.0 Å². The van der Waals surface area contributed by atoms with Crippen LogP contribution in [0.4, 0.5) is 10.5 Å². The number of nitrogens with zero attached hydrogens (tertiary/aromatic N) is 3. The number of rotatable bonds is 18. The summed E-state index contributed by atoms with van der Waals surface area (Å²) in [6.45, 7) is 1.56. The van der Waals surface area contributed by atoms with Gasteiger partial charge in [0.05, 0.1) is 34.7 Å². The molecule has 3 aliphatic heterocycles. The van der Waals surface area contributed by atoms with Crippen molar-refractivity contribution in [2.45, 2.75) is 79.1 Å². The van der Waals surface area contributed by atoms with E-state index in [0.717, 1.165) is 4.90 Å². The lowest BCUT2D eigenvalue weighted by Gasteiger charge is -2.20. The number of aromatic hydroxyl groups is 1. The summed E-state index contributed by atoms with van der Waals surface area (Å²) in [5, 5.41) is 29.7. The van der Waals surface area contributed by atoms with Crippen LogP contribution in [-0.2, 0) is 69.2 Å². The Morgan fingerprint density at radius 1 is 0.969 bits per heavy atom. The first-order valence-corrected chi connectivity index (χ1v) is 20.4. The van der Waals surface area contributed by atoms with E-state index in [2.05, 4.69) is 16.0 Å². The second-order valence-electron chi connectivity index (χ2n) is 15.2. The lowest BCUT2D eigenvalue weighted by atomic mass is 10.00. The number of pyridine rings is 2. The monoisotopic (exact) mass is 902 g/mol. The molecule has 344 valence electrons. The molecule has 5 N–H and O–H groups in total. The van der Waals surface area contributed by atoms with Crippen LogP contribution < -0.4 is 35.7 Å². The normalized spacial score (nSPS) is 15.6. The van der Waals surface area contributed by atoms with Crippen LogP contribution in [-0.4, -0.2) is 100 Å². The molecule has 5 heterocycles. The molecule has 3 unspecified atom stereocenters. The molecule has 3 aliphatic rings. The van der Waals surface area contributed by atoms with E-state index in [4.69, 9.17) is 38.1 Å². The van der Waals surface area contributed by atoms with Crippen molar-refractivity contribution in [3.8, 4) is 34.4 Å². The number of anilines is 1. The van der Waals surface area contributed by atoms with Crippen molar-refractivity contribution >= 4 is 52.3 Å². The van der Waals surface area contributed by atoms with E-state index < -0.39 is 54.7 Å². The van der Waals surface area contributed by atoms with E-state index in [1.54, 1.807) is 19.1 Å². The summed E-state index contributed by atoms with van der Waals surface area (Å²) in [7, 11) is 1.36. The predicted octanol–water partition coefficient (Wildman–Crippen LogP) is 2.24. The van der Waals surface area contributed by atoms with E-state index >= 15 is 0 Å². The van der Waals surface area contributed by atoms with E-state index in [1.807, 2.05) is 0 Å². The van der Waals surface area contributed by atoms with Crippen LogP contribution >= 0.6 is 0 Å². The highest BCUT2D eigenvalue weighted by Gasteiger charge is 2.35. The average molecular weight is 903 g/mol. The molecule has 0 radical (unpaired) electrons. The number of carbonyl (C=O) groups is 6. The zero-order chi connectivity index (χ0) is 46.5. The molecule has 0 saturated carbocycles. The summed E-state index contributed by atoms with van der Waals surface area (Å²) in [5.74, 6) is -2.26. The lowest BCUT2D eigenvalue weighted by molar-refractivity contribution is -0.283. The van der Waals surface area contributed by atoms with Gasteiger partial charge in [-0.1, -0.05) is 13.0 Å². The number of alkyl carbamates (subject to hydrolysis) is 1. The molecule has 0 aliphatic carbocycles. The number of aliphatic hydroxyl groups excluding tert-OH is 1. The number of esters is 1. The fourth-order valence-corrected chi connectivity index (χ4v) is 7.34. The minimum Gasteiger partial charge on any atom is -0.507 e. The lowest BCUT2D eigenvalue weighted by Crippen LogP contribution is -2.35. The van der Waals surface area contributed by atoms with E-state index in [0.29, 0.717) is 50.5 Å². The summed E-state index contributed by atoms with van der Waals surface area (Å²) in [6, 6.07) is 9.14. The average Bonchev–Trinajstić information content (AvgIpc) is 3.94. The Hall–Kier alpha value is -7.30. The van der Waals surface area contributed by atoms with Crippen molar-refractivity contribution in [2.24, 2.45) is 5.92 Å². The smallest absolute Gasteiger partial charge is 0.407 e. The summed E-state index contributed by atoms with van der Waals surface area (Å²) < 4.78 is 38.8. The molecular formula is C43H46N6O16. The first-order chi connectivity index (χ1) is 31.1. The van der Waals surface area contributed by atoms with Gasteiger partial charge in [0.25, 0.3) is 5.56 Å². The van der Waals surface area contributed by atoms with Crippen LogP contribution in [0.2, 0.25) is 0 Å². The van der Waals surface area contributed by atoms with Crippen molar-refractivity contribution in [3.63, 3.8) is 0 Å². The summed E-state index contributed by atoms with van der Waals surface area (Å²) in [4.78, 5) is 93.9. The quantitative estimate of drug-likeness (QED) is 0.0479. The number of carbonyl (C=O) groups excluding carboxylic acids is 6. The summed E-state index contributed by atoms with van der Waals surface area (Å²) >= 11 is 0. The molecule has 4 aromatic rings. The highest BCUT2D eigenvalue weighted by molar-refractivity contribution is 6.03. The number of ether oxygens (including phenoxy) is 7. The Bertz CT molecular complexity index is 2630. The molecule has 0 spiro atoms. The van der Waals surface area contributed by atoms with Crippen LogP contribution in [0.25, 0.3) is 22.3 Å². The van der Waals surface area contributed by atoms with Gasteiger partial charge in [0, 0.05) is 81.9 Å². The third kappa shape index (κ3) is 10.4. The molecule has 3 atom stereocenters. The largest absolute Gasteiger partial charge is 0.507 e. The topological polar surface area (TPSA) is 282 Å². The third-order valence-electron chi connectivity index (χ3n) is 10.7. The van der Waals surface area contributed by atoms with Crippen molar-refractivity contribution in [1.82, 2.24) is 25.1 Å². The fourth-order valence-electron chi connectivity index (χ4n) is 7.34. The van der Waals surface area contributed by atoms with Gasteiger partial charge in [-0.05, 0) is 36.2 Å². The first kappa shape index (κ1) is 45.7. The SMILES string of the molecule is COC(C)OC(O)Oc1ccc(COC(=O)NCc2c3c(nc4cc5c(cc24)OCO5)-c2cc(O)c(COC(C)=O)c(=O)n2C3)cc1NC(=O)CCNC(=O)CCN1C(=O)CC(C)C1=O. The van der Waals surface area contributed by atoms with Gasteiger partial charge in [-0.25, -0.2) is 9.78 Å². The molecule has 2 aromatic carbocycles. The molecule has 22 heteroatoms. The second kappa shape index (κ2) is 19.6.